The molecule has 31 heavy (non-hydrogen) atoms. The molecule has 2 aromatic carbocycles. The van der Waals surface area contributed by atoms with Crippen molar-refractivity contribution in [2.75, 3.05) is 6.61 Å². The molecule has 4 fully saturated rings. The highest BCUT2D eigenvalue weighted by Crippen LogP contribution is 2.59. The highest BCUT2D eigenvalue weighted by atomic mass is 16.5. The zero-order valence-corrected chi connectivity index (χ0v) is 17.6. The third-order valence-electron chi connectivity index (χ3n) is 8.30. The Morgan fingerprint density at radius 1 is 1.00 bits per heavy atom. The van der Waals surface area contributed by atoms with Crippen LogP contribution in [0.1, 0.15) is 72.0 Å². The van der Waals surface area contributed by atoms with Gasteiger partial charge in [-0.15, -0.1) is 0 Å². The number of ether oxygens (including phenoxy) is 1. The van der Waals surface area contributed by atoms with Crippen LogP contribution in [0.4, 0.5) is 0 Å². The number of rotatable bonds is 3. The van der Waals surface area contributed by atoms with Gasteiger partial charge in [-0.2, -0.15) is 0 Å². The average Bonchev–Trinajstić information content (AvgIpc) is 2.97. The molecule has 4 bridgehead atoms. The lowest BCUT2D eigenvalue weighted by Gasteiger charge is -2.46. The number of hydrogen-bond donors (Lipinski definition) is 2. The second-order valence-electron chi connectivity index (χ2n) is 10.3. The van der Waals surface area contributed by atoms with Crippen molar-refractivity contribution in [2.24, 2.45) is 17.8 Å². The number of carbonyl (C=O) groups is 1. The summed E-state index contributed by atoms with van der Waals surface area (Å²) in [6.07, 6.45) is 11.2. The molecule has 0 spiro atoms. The van der Waals surface area contributed by atoms with Crippen LogP contribution in [0.25, 0.3) is 11.6 Å². The highest BCUT2D eigenvalue weighted by molar-refractivity contribution is 5.91. The van der Waals surface area contributed by atoms with E-state index in [1.165, 1.54) is 44.9 Å². The number of phenols is 1. The van der Waals surface area contributed by atoms with Gasteiger partial charge in [0.05, 0.1) is 5.56 Å². The van der Waals surface area contributed by atoms with Gasteiger partial charge in [-0.05, 0) is 110 Å². The van der Waals surface area contributed by atoms with Gasteiger partial charge in [-0.3, -0.25) is 0 Å². The van der Waals surface area contributed by atoms with Crippen molar-refractivity contribution in [1.82, 2.24) is 0 Å². The third-order valence-corrected chi connectivity index (χ3v) is 8.30. The summed E-state index contributed by atoms with van der Waals surface area (Å²) in [5.74, 6) is 2.62. The predicted molar refractivity (Wildman–Crippen MR) is 119 cm³/mol. The molecule has 160 valence electrons. The quantitative estimate of drug-likeness (QED) is 0.656. The van der Waals surface area contributed by atoms with Crippen molar-refractivity contribution < 1.29 is 19.7 Å². The lowest BCUT2D eigenvalue weighted by molar-refractivity contribution is 0.0696. The lowest BCUT2D eigenvalue weighted by Crippen LogP contribution is -2.37. The zero-order chi connectivity index (χ0) is 21.2. The summed E-state index contributed by atoms with van der Waals surface area (Å²) in [6.45, 7) is 0.403. The fourth-order valence-corrected chi connectivity index (χ4v) is 7.12. The Bertz CT molecular complexity index is 1080. The molecule has 4 aliphatic carbocycles. The van der Waals surface area contributed by atoms with Crippen LogP contribution in [0.3, 0.4) is 0 Å². The van der Waals surface area contributed by atoms with Gasteiger partial charge in [0.25, 0.3) is 0 Å². The van der Waals surface area contributed by atoms with E-state index in [0.717, 1.165) is 40.0 Å². The first-order valence-electron chi connectivity index (χ1n) is 11.5. The van der Waals surface area contributed by atoms with E-state index < -0.39 is 5.97 Å². The Morgan fingerprint density at radius 3 is 2.55 bits per heavy atom. The molecule has 4 nitrogen and oxygen atoms in total. The maximum absolute atomic E-state index is 11.2. The molecule has 2 unspecified atom stereocenters. The first-order valence-corrected chi connectivity index (χ1v) is 11.5. The van der Waals surface area contributed by atoms with E-state index in [4.69, 9.17) is 4.74 Å². The minimum absolute atomic E-state index is 0.114. The van der Waals surface area contributed by atoms with Gasteiger partial charge in [0.1, 0.15) is 18.1 Å². The van der Waals surface area contributed by atoms with E-state index in [1.54, 1.807) is 12.1 Å². The van der Waals surface area contributed by atoms with Crippen LogP contribution in [0.2, 0.25) is 0 Å². The fourth-order valence-electron chi connectivity index (χ4n) is 7.12. The van der Waals surface area contributed by atoms with Crippen molar-refractivity contribution in [1.29, 1.82) is 0 Å². The molecule has 1 heterocycles. The van der Waals surface area contributed by atoms with Crippen molar-refractivity contribution in [3.63, 3.8) is 0 Å². The number of aromatic carboxylic acids is 1. The standard InChI is InChI=1S/C27H28O4/c28-24-4-3-19(22-10-20-1-2-21(26(29)30)12-25(20)31-15-22)11-23(24)27-6-5-16-7-17(13-27)9-18(8-16)14-27/h1-4,10-12,16-18,28H,5-9,13-15H2,(H,29,30). The van der Waals surface area contributed by atoms with Crippen LogP contribution in [0, 0.1) is 17.8 Å². The van der Waals surface area contributed by atoms with Crippen LogP contribution < -0.4 is 4.74 Å². The van der Waals surface area contributed by atoms with E-state index in [-0.39, 0.29) is 11.0 Å². The highest BCUT2D eigenvalue weighted by Gasteiger charge is 2.49. The summed E-state index contributed by atoms with van der Waals surface area (Å²) < 4.78 is 5.93. The predicted octanol–water partition coefficient (Wildman–Crippen LogP) is 5.88. The van der Waals surface area contributed by atoms with Gasteiger partial charge in [0.15, 0.2) is 0 Å². The molecular weight excluding hydrogens is 388 g/mol. The van der Waals surface area contributed by atoms with Crippen LogP contribution >= 0.6 is 0 Å². The molecule has 5 aliphatic rings. The van der Waals surface area contributed by atoms with Crippen LogP contribution in [-0.4, -0.2) is 22.8 Å². The molecule has 0 saturated heterocycles. The molecule has 4 saturated carbocycles. The molecule has 0 aromatic heterocycles. The number of carboxylic acids is 1. The second-order valence-corrected chi connectivity index (χ2v) is 10.3. The van der Waals surface area contributed by atoms with Crippen molar-refractivity contribution >= 4 is 17.6 Å². The van der Waals surface area contributed by atoms with Gasteiger partial charge < -0.3 is 14.9 Å². The molecule has 4 heteroatoms. The van der Waals surface area contributed by atoms with Crippen LogP contribution in [-0.2, 0) is 5.41 Å². The second kappa shape index (κ2) is 6.88. The van der Waals surface area contributed by atoms with Gasteiger partial charge >= 0.3 is 5.97 Å². The van der Waals surface area contributed by atoms with E-state index in [9.17, 15) is 15.0 Å². The Hall–Kier alpha value is -2.75. The Morgan fingerprint density at radius 2 is 1.77 bits per heavy atom. The van der Waals surface area contributed by atoms with Gasteiger partial charge in [0.2, 0.25) is 0 Å². The smallest absolute Gasteiger partial charge is 0.335 e. The molecule has 1 aliphatic heterocycles. The van der Waals surface area contributed by atoms with Gasteiger partial charge in [0, 0.05) is 11.1 Å². The average molecular weight is 417 g/mol. The summed E-state index contributed by atoms with van der Waals surface area (Å²) in [7, 11) is 0. The van der Waals surface area contributed by atoms with Crippen LogP contribution in [0.5, 0.6) is 11.5 Å². The monoisotopic (exact) mass is 416 g/mol. The lowest BCUT2D eigenvalue weighted by atomic mass is 9.59. The normalized spacial score (nSPS) is 30.8. The topological polar surface area (TPSA) is 66.8 Å². The van der Waals surface area contributed by atoms with E-state index in [1.807, 2.05) is 18.2 Å². The minimum Gasteiger partial charge on any atom is -0.508 e. The SMILES string of the molecule is O=C(O)c1ccc2c(c1)OCC(c1ccc(O)c(C34CCC5CC(CC(C5)C3)C4)c1)=C2. The Kier molecular flexibility index (Phi) is 4.21. The molecule has 2 atom stereocenters. The summed E-state index contributed by atoms with van der Waals surface area (Å²) >= 11 is 0. The number of benzene rings is 2. The fraction of sp³-hybridized carbons (Fsp3) is 0.444. The molecule has 2 aromatic rings. The third kappa shape index (κ3) is 3.15. The van der Waals surface area contributed by atoms with Crippen LogP contribution in [0.15, 0.2) is 36.4 Å². The number of fused-ring (bicyclic) bond motifs is 2. The Balaban J connectivity index is 1.38. The van der Waals surface area contributed by atoms with Crippen molar-refractivity contribution in [3.8, 4) is 11.5 Å². The summed E-state index contributed by atoms with van der Waals surface area (Å²) in [5.41, 5.74) is 4.54. The summed E-state index contributed by atoms with van der Waals surface area (Å²) in [4.78, 5) is 11.2. The maximum Gasteiger partial charge on any atom is 0.335 e. The molecule has 0 amide bonds. The van der Waals surface area contributed by atoms with E-state index in [0.29, 0.717) is 18.1 Å². The minimum atomic E-state index is -0.948. The zero-order valence-electron chi connectivity index (χ0n) is 17.6. The number of carboxylic acid groups (broad SMARTS) is 1. The molecule has 2 N–H and O–H groups in total. The molecule has 0 radical (unpaired) electrons. The first-order chi connectivity index (χ1) is 15.0. The molecule has 7 rings (SSSR count). The maximum atomic E-state index is 11.2. The summed E-state index contributed by atoms with van der Waals surface area (Å²) in [5, 5.41) is 20.1. The van der Waals surface area contributed by atoms with Gasteiger partial charge in [-0.1, -0.05) is 12.1 Å². The summed E-state index contributed by atoms with van der Waals surface area (Å²) in [6, 6.07) is 11.1. The largest absolute Gasteiger partial charge is 0.508 e. The number of aromatic hydroxyl groups is 1. The van der Waals surface area contributed by atoms with Crippen molar-refractivity contribution in [2.45, 2.75) is 50.4 Å². The number of hydrogen-bond acceptors (Lipinski definition) is 3. The van der Waals surface area contributed by atoms with E-state index >= 15 is 0 Å². The molecular formula is C27H28O4. The van der Waals surface area contributed by atoms with Gasteiger partial charge in [-0.25, -0.2) is 4.79 Å². The van der Waals surface area contributed by atoms with E-state index in [2.05, 4.69) is 12.1 Å². The van der Waals surface area contributed by atoms with Crippen molar-refractivity contribution in [3.05, 3.63) is 58.7 Å². The number of phenolic OH excluding ortho intramolecular Hbond substituents is 1. The first kappa shape index (κ1) is 19.0. The Labute approximate surface area is 182 Å².